The summed E-state index contributed by atoms with van der Waals surface area (Å²) < 4.78 is 56.1. The number of benzene rings is 1. The van der Waals surface area contributed by atoms with E-state index in [1.54, 1.807) is 24.0 Å². The number of aryl methyl sites for hydroxylation is 1. The van der Waals surface area contributed by atoms with Gasteiger partial charge in [0.2, 0.25) is 16.0 Å². The molecule has 0 atom stereocenters. The Morgan fingerprint density at radius 1 is 0.976 bits per heavy atom. The summed E-state index contributed by atoms with van der Waals surface area (Å²) in [6.07, 6.45) is 5.16. The molecule has 1 spiro atoms. The van der Waals surface area contributed by atoms with Crippen LogP contribution in [0.4, 0.5) is 26.1 Å². The number of aliphatic hydroxyl groups excluding tert-OH is 1. The van der Waals surface area contributed by atoms with Crippen LogP contribution in [0.1, 0.15) is 44.2 Å². The molecule has 0 amide bonds. The van der Waals surface area contributed by atoms with Gasteiger partial charge in [0.1, 0.15) is 12.1 Å². The lowest BCUT2D eigenvalue weighted by molar-refractivity contribution is -0.0222. The fraction of sp³-hybridized carbons (Fsp3) is 0.556. The number of nitrogens with zero attached hydrogens (tertiary/aromatic N) is 6. The molecule has 6 rings (SSSR count). The minimum Gasteiger partial charge on any atom is -0.395 e. The Hall–Kier alpha value is -3.39. The maximum absolute atomic E-state index is 14.1. The van der Waals surface area contributed by atoms with Gasteiger partial charge in [-0.1, -0.05) is 0 Å². The molecule has 14 heteroatoms. The van der Waals surface area contributed by atoms with Crippen molar-refractivity contribution in [1.82, 2.24) is 19.5 Å². The zero-order valence-corrected chi connectivity index (χ0v) is 23.6. The van der Waals surface area contributed by atoms with Crippen LogP contribution in [0.25, 0.3) is 16.7 Å². The molecule has 2 saturated heterocycles. The SMILES string of the molecule is Cc1cc(-n2cnc3cc(NS(=O)(=O)CCO)cc(N4CCC5(CC4)CC5)c3c2=O)nc(N2CCC(F)(F)CC2)n1. The zero-order chi connectivity index (χ0) is 29.0. The second-order valence-electron chi connectivity index (χ2n) is 11.5. The number of rotatable bonds is 7. The summed E-state index contributed by atoms with van der Waals surface area (Å²) in [5.41, 5.74) is 1.75. The van der Waals surface area contributed by atoms with Crippen LogP contribution in [0.5, 0.6) is 0 Å². The topological polar surface area (TPSA) is 134 Å². The zero-order valence-electron chi connectivity index (χ0n) is 22.8. The smallest absolute Gasteiger partial charge is 0.269 e. The number of piperidine rings is 2. The van der Waals surface area contributed by atoms with Gasteiger partial charge < -0.3 is 14.9 Å². The average Bonchev–Trinajstić information content (AvgIpc) is 3.66. The van der Waals surface area contributed by atoms with Crippen molar-refractivity contribution in [2.75, 3.05) is 53.1 Å². The highest BCUT2D eigenvalue weighted by atomic mass is 32.2. The maximum atomic E-state index is 14.1. The molecule has 0 radical (unpaired) electrons. The molecule has 0 bridgehead atoms. The van der Waals surface area contributed by atoms with E-state index in [1.165, 1.54) is 29.8 Å². The molecule has 220 valence electrons. The van der Waals surface area contributed by atoms with E-state index >= 15 is 0 Å². The van der Waals surface area contributed by atoms with E-state index in [-0.39, 0.29) is 48.9 Å². The Balaban J connectivity index is 1.42. The van der Waals surface area contributed by atoms with Crippen molar-refractivity contribution in [1.29, 1.82) is 0 Å². The Morgan fingerprint density at radius 3 is 2.32 bits per heavy atom. The van der Waals surface area contributed by atoms with E-state index in [9.17, 15) is 22.0 Å². The first-order valence-electron chi connectivity index (χ1n) is 13.9. The predicted molar refractivity (Wildman–Crippen MR) is 152 cm³/mol. The summed E-state index contributed by atoms with van der Waals surface area (Å²) in [5.74, 6) is -2.61. The quantitative estimate of drug-likeness (QED) is 0.427. The van der Waals surface area contributed by atoms with Crippen molar-refractivity contribution < 1.29 is 22.3 Å². The van der Waals surface area contributed by atoms with Gasteiger partial charge in [0.25, 0.3) is 11.5 Å². The first-order valence-corrected chi connectivity index (χ1v) is 15.5. The summed E-state index contributed by atoms with van der Waals surface area (Å²) in [6.45, 7) is 2.91. The molecule has 4 heterocycles. The van der Waals surface area contributed by atoms with E-state index in [0.29, 0.717) is 27.7 Å². The number of fused-ring (bicyclic) bond motifs is 1. The van der Waals surface area contributed by atoms with E-state index in [4.69, 9.17) is 5.11 Å². The molecule has 11 nitrogen and oxygen atoms in total. The molecule has 3 aromatic rings. The number of halogens is 2. The van der Waals surface area contributed by atoms with Crippen molar-refractivity contribution in [2.24, 2.45) is 5.41 Å². The molecule has 3 aliphatic rings. The number of nitrogens with one attached hydrogen (secondary N) is 1. The summed E-state index contributed by atoms with van der Waals surface area (Å²) in [7, 11) is -3.80. The van der Waals surface area contributed by atoms with Gasteiger partial charge in [0.05, 0.1) is 34.6 Å². The van der Waals surface area contributed by atoms with Gasteiger partial charge in [-0.3, -0.25) is 9.52 Å². The number of anilines is 3. The Morgan fingerprint density at radius 2 is 1.66 bits per heavy atom. The summed E-state index contributed by atoms with van der Waals surface area (Å²) >= 11 is 0. The first-order chi connectivity index (χ1) is 19.5. The second kappa shape index (κ2) is 10.2. The molecule has 2 N–H and O–H groups in total. The summed E-state index contributed by atoms with van der Waals surface area (Å²) in [4.78, 5) is 31.4. The highest BCUT2D eigenvalue weighted by molar-refractivity contribution is 7.92. The van der Waals surface area contributed by atoms with Gasteiger partial charge in [-0.15, -0.1) is 0 Å². The highest BCUT2D eigenvalue weighted by Crippen LogP contribution is 2.54. The van der Waals surface area contributed by atoms with Crippen LogP contribution in [-0.4, -0.2) is 77.5 Å². The fourth-order valence-corrected chi connectivity index (χ4v) is 6.60. The summed E-state index contributed by atoms with van der Waals surface area (Å²) in [5, 5.41) is 9.49. The summed E-state index contributed by atoms with van der Waals surface area (Å²) in [6, 6.07) is 4.81. The molecule has 1 saturated carbocycles. The van der Waals surface area contributed by atoms with E-state index < -0.39 is 28.3 Å². The number of aliphatic hydroxyl groups is 1. The van der Waals surface area contributed by atoms with Crippen LogP contribution in [0, 0.1) is 12.3 Å². The Bertz CT molecular complexity index is 1640. The molecule has 1 aliphatic carbocycles. The standard InChI is InChI=1S/C27H33F2N7O4S/c1-18-14-22(32-25(31-18)35-10-6-27(28,29)7-11-35)36-17-30-20-15-19(33-41(39,40)13-12-37)16-21(23(20)24(36)38)34-8-4-26(2-3-26)5-9-34/h14-17,33,37H,2-13H2,1H3. The van der Waals surface area contributed by atoms with Crippen LogP contribution in [0.3, 0.4) is 0 Å². The molecule has 1 aromatic carbocycles. The molecular formula is C27H33F2N7O4S. The number of sulfonamides is 1. The van der Waals surface area contributed by atoms with Crippen molar-refractivity contribution in [3.63, 3.8) is 0 Å². The van der Waals surface area contributed by atoms with Crippen LogP contribution in [-0.2, 0) is 10.0 Å². The second-order valence-corrected chi connectivity index (χ2v) is 13.3. The highest BCUT2D eigenvalue weighted by Gasteiger charge is 2.44. The minimum atomic E-state index is -3.80. The van der Waals surface area contributed by atoms with Gasteiger partial charge in [0.15, 0.2) is 0 Å². The van der Waals surface area contributed by atoms with Crippen LogP contribution in [0.15, 0.2) is 29.3 Å². The fourth-order valence-electron chi connectivity index (χ4n) is 5.78. The lowest BCUT2D eigenvalue weighted by Gasteiger charge is -2.34. The minimum absolute atomic E-state index is 0.107. The lowest BCUT2D eigenvalue weighted by Crippen LogP contribution is -2.40. The molecule has 41 heavy (non-hydrogen) atoms. The Labute approximate surface area is 236 Å². The monoisotopic (exact) mass is 589 g/mol. The first kappa shape index (κ1) is 27.8. The molecule has 0 unspecified atom stereocenters. The molecule has 3 fully saturated rings. The number of alkyl halides is 2. The number of aromatic nitrogens is 4. The average molecular weight is 590 g/mol. The third kappa shape index (κ3) is 5.71. The van der Waals surface area contributed by atoms with Crippen molar-refractivity contribution in [3.8, 4) is 5.82 Å². The Kier molecular flexibility index (Phi) is 6.88. The third-order valence-electron chi connectivity index (χ3n) is 8.45. The van der Waals surface area contributed by atoms with Gasteiger partial charge in [-0.2, -0.15) is 4.98 Å². The number of hydrogen-bond acceptors (Lipinski definition) is 9. The van der Waals surface area contributed by atoms with Crippen molar-refractivity contribution in [3.05, 3.63) is 40.6 Å². The maximum Gasteiger partial charge on any atom is 0.269 e. The van der Waals surface area contributed by atoms with Crippen LogP contribution < -0.4 is 20.1 Å². The lowest BCUT2D eigenvalue weighted by atomic mass is 9.93. The largest absolute Gasteiger partial charge is 0.395 e. The number of hydrogen-bond donors (Lipinski definition) is 2. The van der Waals surface area contributed by atoms with Gasteiger partial charge >= 0.3 is 0 Å². The third-order valence-corrected chi connectivity index (χ3v) is 9.72. The molecule has 2 aromatic heterocycles. The predicted octanol–water partition coefficient (Wildman–Crippen LogP) is 2.83. The van der Waals surface area contributed by atoms with Crippen molar-refractivity contribution in [2.45, 2.75) is 51.4 Å². The van der Waals surface area contributed by atoms with Crippen LogP contribution >= 0.6 is 0 Å². The van der Waals surface area contributed by atoms with Crippen LogP contribution in [0.2, 0.25) is 0 Å². The van der Waals surface area contributed by atoms with E-state index in [2.05, 4.69) is 24.6 Å². The molecule has 2 aliphatic heterocycles. The van der Waals surface area contributed by atoms with Crippen molar-refractivity contribution >= 4 is 38.2 Å². The van der Waals surface area contributed by atoms with E-state index in [1.807, 2.05) is 0 Å². The van der Waals surface area contributed by atoms with E-state index in [0.717, 1.165) is 25.9 Å². The molecular weight excluding hydrogens is 556 g/mol. The van der Waals surface area contributed by atoms with Gasteiger partial charge in [0, 0.05) is 50.8 Å². The normalized spacial score (nSPS) is 20.0. The van der Waals surface area contributed by atoms with Gasteiger partial charge in [-0.25, -0.2) is 31.7 Å². The van der Waals surface area contributed by atoms with Gasteiger partial charge in [-0.05, 0) is 50.2 Å².